The quantitative estimate of drug-likeness (QED) is 0.793. The van der Waals surface area contributed by atoms with Crippen LogP contribution in [0.3, 0.4) is 0 Å². The minimum absolute atomic E-state index is 0.0184. The zero-order valence-electron chi connectivity index (χ0n) is 10.1. The van der Waals surface area contributed by atoms with Crippen LogP contribution in [0.2, 0.25) is 0 Å². The van der Waals surface area contributed by atoms with Gasteiger partial charge in [-0.2, -0.15) is 0 Å². The molecule has 1 heterocycles. The maximum atomic E-state index is 11.4. The van der Waals surface area contributed by atoms with Crippen molar-refractivity contribution in [2.75, 3.05) is 18.4 Å². The molecule has 1 amide bonds. The molecule has 0 aliphatic heterocycles. The molecule has 0 aliphatic carbocycles. The second kappa shape index (κ2) is 6.10. The molecule has 1 aromatic rings. The molecule has 0 atom stereocenters. The van der Waals surface area contributed by atoms with Gasteiger partial charge in [-0.15, -0.1) is 0 Å². The maximum absolute atomic E-state index is 11.4. The minimum atomic E-state index is 0.0184. The van der Waals surface area contributed by atoms with Gasteiger partial charge in [0.05, 0.1) is 6.54 Å². The van der Waals surface area contributed by atoms with Gasteiger partial charge in [0, 0.05) is 24.6 Å². The molecule has 88 valence electrons. The molecule has 0 aliphatic rings. The van der Waals surface area contributed by atoms with Gasteiger partial charge in [-0.25, -0.2) is 0 Å². The van der Waals surface area contributed by atoms with Gasteiger partial charge < -0.3 is 10.6 Å². The predicted octanol–water partition coefficient (Wildman–Crippen LogP) is 1.57. The Morgan fingerprint density at radius 2 is 2.25 bits per heavy atom. The molecule has 0 bridgehead atoms. The Balaban J connectivity index is 2.35. The topological polar surface area (TPSA) is 54.0 Å². The highest BCUT2D eigenvalue weighted by molar-refractivity contribution is 5.80. The summed E-state index contributed by atoms with van der Waals surface area (Å²) < 4.78 is 0. The van der Waals surface area contributed by atoms with Crippen LogP contribution < -0.4 is 10.6 Å². The fourth-order valence-corrected chi connectivity index (χ4v) is 1.23. The Labute approximate surface area is 96.5 Å². The van der Waals surface area contributed by atoms with Crippen molar-refractivity contribution in [3.05, 3.63) is 24.0 Å². The predicted molar refractivity (Wildman–Crippen MR) is 65.3 cm³/mol. The Morgan fingerprint density at radius 1 is 1.50 bits per heavy atom. The molecule has 0 aromatic carbocycles. The van der Waals surface area contributed by atoms with Gasteiger partial charge in [0.25, 0.3) is 0 Å². The Morgan fingerprint density at radius 3 is 2.88 bits per heavy atom. The zero-order chi connectivity index (χ0) is 12.0. The average molecular weight is 221 g/mol. The molecule has 16 heavy (non-hydrogen) atoms. The van der Waals surface area contributed by atoms with E-state index in [1.807, 2.05) is 13.0 Å². The molecule has 4 nitrogen and oxygen atoms in total. The van der Waals surface area contributed by atoms with Crippen molar-refractivity contribution in [2.45, 2.75) is 20.8 Å². The van der Waals surface area contributed by atoms with Gasteiger partial charge in [0.15, 0.2) is 0 Å². The minimum Gasteiger partial charge on any atom is -0.376 e. The maximum Gasteiger partial charge on any atom is 0.239 e. The van der Waals surface area contributed by atoms with Crippen LogP contribution in [0.4, 0.5) is 5.69 Å². The van der Waals surface area contributed by atoms with Gasteiger partial charge in [-0.05, 0) is 24.5 Å². The summed E-state index contributed by atoms with van der Waals surface area (Å²) in [5, 5.41) is 5.94. The zero-order valence-corrected chi connectivity index (χ0v) is 10.1. The number of anilines is 1. The lowest BCUT2D eigenvalue weighted by atomic mass is 10.2. The number of amides is 1. The number of rotatable bonds is 5. The van der Waals surface area contributed by atoms with E-state index in [1.54, 1.807) is 12.4 Å². The Hall–Kier alpha value is -1.58. The summed E-state index contributed by atoms with van der Waals surface area (Å²) in [6.45, 7) is 7.12. The SMILES string of the molecule is Cc1cnccc1NCC(=O)NCC(C)C. The summed E-state index contributed by atoms with van der Waals surface area (Å²) in [5.74, 6) is 0.497. The first kappa shape index (κ1) is 12.5. The first-order chi connectivity index (χ1) is 7.59. The Kier molecular flexibility index (Phi) is 4.76. The van der Waals surface area contributed by atoms with Crippen molar-refractivity contribution in [3.63, 3.8) is 0 Å². The van der Waals surface area contributed by atoms with Crippen molar-refractivity contribution in [2.24, 2.45) is 5.92 Å². The fraction of sp³-hybridized carbons (Fsp3) is 0.500. The molecule has 0 radical (unpaired) electrons. The molecule has 0 fully saturated rings. The summed E-state index contributed by atoms with van der Waals surface area (Å²) in [6.07, 6.45) is 3.48. The highest BCUT2D eigenvalue weighted by atomic mass is 16.1. The van der Waals surface area contributed by atoms with Crippen LogP contribution in [-0.4, -0.2) is 24.0 Å². The third kappa shape index (κ3) is 4.29. The molecular weight excluding hydrogens is 202 g/mol. The lowest BCUT2D eigenvalue weighted by Gasteiger charge is -2.10. The van der Waals surface area contributed by atoms with E-state index >= 15 is 0 Å². The first-order valence-electron chi connectivity index (χ1n) is 5.50. The van der Waals surface area contributed by atoms with E-state index in [2.05, 4.69) is 29.5 Å². The molecule has 4 heteroatoms. The number of hydrogen-bond acceptors (Lipinski definition) is 3. The normalized spacial score (nSPS) is 10.2. The molecular formula is C12H19N3O. The molecule has 0 saturated carbocycles. The number of aryl methyl sites for hydroxylation is 1. The summed E-state index contributed by atoms with van der Waals surface area (Å²) in [4.78, 5) is 15.4. The standard InChI is InChI=1S/C12H19N3O/c1-9(2)6-15-12(16)8-14-11-4-5-13-7-10(11)3/h4-5,7,9H,6,8H2,1-3H3,(H,13,14)(H,15,16). The molecule has 2 N–H and O–H groups in total. The van der Waals surface area contributed by atoms with Crippen LogP contribution in [0.15, 0.2) is 18.5 Å². The molecule has 1 rings (SSSR count). The first-order valence-corrected chi connectivity index (χ1v) is 5.50. The monoisotopic (exact) mass is 221 g/mol. The van der Waals surface area contributed by atoms with Crippen molar-refractivity contribution in [1.29, 1.82) is 0 Å². The van der Waals surface area contributed by atoms with Crippen LogP contribution >= 0.6 is 0 Å². The van der Waals surface area contributed by atoms with Crippen molar-refractivity contribution < 1.29 is 4.79 Å². The van der Waals surface area contributed by atoms with Crippen molar-refractivity contribution in [3.8, 4) is 0 Å². The molecule has 0 unspecified atom stereocenters. The number of carbonyl (C=O) groups excluding carboxylic acids is 1. The lowest BCUT2D eigenvalue weighted by Crippen LogP contribution is -2.32. The van der Waals surface area contributed by atoms with Crippen molar-refractivity contribution >= 4 is 11.6 Å². The van der Waals surface area contributed by atoms with Gasteiger partial charge in [-0.3, -0.25) is 9.78 Å². The van der Waals surface area contributed by atoms with E-state index < -0.39 is 0 Å². The highest BCUT2D eigenvalue weighted by Gasteiger charge is 2.03. The van der Waals surface area contributed by atoms with E-state index in [9.17, 15) is 4.79 Å². The second-order valence-electron chi connectivity index (χ2n) is 4.24. The lowest BCUT2D eigenvalue weighted by molar-refractivity contribution is -0.119. The number of nitrogens with zero attached hydrogens (tertiary/aromatic N) is 1. The second-order valence-corrected chi connectivity index (χ2v) is 4.24. The van der Waals surface area contributed by atoms with Gasteiger partial charge in [0.1, 0.15) is 0 Å². The van der Waals surface area contributed by atoms with E-state index in [4.69, 9.17) is 0 Å². The van der Waals surface area contributed by atoms with Crippen LogP contribution in [0.5, 0.6) is 0 Å². The van der Waals surface area contributed by atoms with Gasteiger partial charge in [0.2, 0.25) is 5.91 Å². The Bertz CT molecular complexity index is 350. The van der Waals surface area contributed by atoms with Crippen molar-refractivity contribution in [1.82, 2.24) is 10.3 Å². The molecule has 1 aromatic heterocycles. The number of nitrogens with one attached hydrogen (secondary N) is 2. The van der Waals surface area contributed by atoms with E-state index in [1.165, 1.54) is 0 Å². The van der Waals surface area contributed by atoms with Crippen LogP contribution in [0.1, 0.15) is 19.4 Å². The smallest absolute Gasteiger partial charge is 0.239 e. The fourth-order valence-electron chi connectivity index (χ4n) is 1.23. The summed E-state index contributed by atoms with van der Waals surface area (Å²) in [6, 6.07) is 1.87. The average Bonchev–Trinajstić information content (AvgIpc) is 2.25. The largest absolute Gasteiger partial charge is 0.376 e. The summed E-state index contributed by atoms with van der Waals surface area (Å²) >= 11 is 0. The number of carbonyl (C=O) groups is 1. The van der Waals surface area contributed by atoms with Crippen LogP contribution in [0, 0.1) is 12.8 Å². The van der Waals surface area contributed by atoms with Gasteiger partial charge in [-0.1, -0.05) is 13.8 Å². The number of pyridine rings is 1. The summed E-state index contributed by atoms with van der Waals surface area (Å²) in [7, 11) is 0. The summed E-state index contributed by atoms with van der Waals surface area (Å²) in [5.41, 5.74) is 1.99. The van der Waals surface area contributed by atoms with E-state index in [0.29, 0.717) is 12.5 Å². The van der Waals surface area contributed by atoms with Crippen LogP contribution in [0.25, 0.3) is 0 Å². The van der Waals surface area contributed by atoms with E-state index in [0.717, 1.165) is 17.8 Å². The highest BCUT2D eigenvalue weighted by Crippen LogP contribution is 2.10. The van der Waals surface area contributed by atoms with Crippen LogP contribution in [-0.2, 0) is 4.79 Å². The third-order valence-corrected chi connectivity index (χ3v) is 2.17. The number of aromatic nitrogens is 1. The van der Waals surface area contributed by atoms with Gasteiger partial charge >= 0.3 is 0 Å². The van der Waals surface area contributed by atoms with E-state index in [-0.39, 0.29) is 5.91 Å². The molecule has 0 saturated heterocycles. The molecule has 0 spiro atoms. The number of hydrogen-bond donors (Lipinski definition) is 2. The third-order valence-electron chi connectivity index (χ3n) is 2.17.